The Hall–Kier alpha value is -2.30. The predicted molar refractivity (Wildman–Crippen MR) is 68.9 cm³/mol. The third kappa shape index (κ3) is 3.84. The second-order valence-corrected chi connectivity index (χ2v) is 4.50. The average Bonchev–Trinajstić information content (AvgIpc) is 2.29. The Kier molecular flexibility index (Phi) is 4.69. The van der Waals surface area contributed by atoms with Gasteiger partial charge in [0.05, 0.1) is 11.1 Å². The molecule has 0 radical (unpaired) electrons. The largest absolute Gasteiger partial charge is 0.508 e. The Labute approximate surface area is 110 Å². The van der Waals surface area contributed by atoms with Crippen LogP contribution in [0.5, 0.6) is 5.75 Å². The van der Waals surface area contributed by atoms with E-state index in [0.717, 1.165) is 0 Å². The van der Waals surface area contributed by atoms with Crippen molar-refractivity contribution >= 4 is 11.9 Å². The summed E-state index contributed by atoms with van der Waals surface area (Å²) in [6.07, 6.45) is 0.00935. The van der Waals surface area contributed by atoms with Crippen LogP contribution in [0.3, 0.4) is 0 Å². The van der Waals surface area contributed by atoms with E-state index in [1.165, 1.54) is 12.1 Å². The summed E-state index contributed by atoms with van der Waals surface area (Å²) >= 11 is 0. The molecule has 0 spiro atoms. The van der Waals surface area contributed by atoms with E-state index in [1.54, 1.807) is 26.0 Å². The van der Waals surface area contributed by atoms with E-state index >= 15 is 0 Å². The minimum absolute atomic E-state index is 0.00935. The molecule has 19 heavy (non-hydrogen) atoms. The fourth-order valence-electron chi connectivity index (χ4n) is 1.83. The second kappa shape index (κ2) is 6.04. The molecule has 0 fully saturated rings. The normalized spacial score (nSPS) is 12.2. The van der Waals surface area contributed by atoms with Crippen LogP contribution in [0.4, 0.5) is 0 Å². The highest BCUT2D eigenvalue weighted by Gasteiger charge is 2.22. The minimum atomic E-state index is -1.24. The highest BCUT2D eigenvalue weighted by Crippen LogP contribution is 2.21. The van der Waals surface area contributed by atoms with Gasteiger partial charge >= 0.3 is 11.9 Å². The van der Waals surface area contributed by atoms with Gasteiger partial charge in [-0.15, -0.1) is 0 Å². The second-order valence-electron chi connectivity index (χ2n) is 4.50. The van der Waals surface area contributed by atoms with E-state index in [2.05, 4.69) is 0 Å². The Morgan fingerprint density at radius 1 is 1.05 bits per heavy atom. The lowest BCUT2D eigenvalue weighted by Crippen LogP contribution is -2.17. The van der Waals surface area contributed by atoms with Gasteiger partial charge in [0.2, 0.25) is 0 Å². The summed E-state index contributed by atoms with van der Waals surface area (Å²) in [6.45, 7) is 3.28. The molecule has 0 bridgehead atoms. The summed E-state index contributed by atoms with van der Waals surface area (Å²) in [6, 6.07) is 6.01. The first-order chi connectivity index (χ1) is 8.82. The zero-order chi connectivity index (χ0) is 14.6. The number of carboxylic acid groups (broad SMARTS) is 2. The highest BCUT2D eigenvalue weighted by atomic mass is 16.4. The summed E-state index contributed by atoms with van der Waals surface area (Å²) in [4.78, 5) is 22.4. The molecule has 5 heteroatoms. The first-order valence-corrected chi connectivity index (χ1v) is 5.80. The third-order valence-electron chi connectivity index (χ3n) is 2.71. The Balaban J connectivity index is 3.21. The summed E-state index contributed by atoms with van der Waals surface area (Å²) in [5.41, 5.74) is 0.406. The smallest absolute Gasteiger partial charge is 0.332 e. The quantitative estimate of drug-likeness (QED) is 0.707. The SMILES string of the molecule is CC(C)/C(C(=O)O)=C(\Cc1ccc(O)cc1)C(=O)O. The van der Waals surface area contributed by atoms with Crippen molar-refractivity contribution in [1.82, 2.24) is 0 Å². The Bertz CT molecular complexity index is 511. The lowest BCUT2D eigenvalue weighted by Gasteiger charge is -2.12. The van der Waals surface area contributed by atoms with E-state index < -0.39 is 11.9 Å². The number of hydrogen-bond acceptors (Lipinski definition) is 3. The van der Waals surface area contributed by atoms with Crippen LogP contribution >= 0.6 is 0 Å². The maximum atomic E-state index is 11.3. The molecule has 3 N–H and O–H groups in total. The van der Waals surface area contributed by atoms with Crippen LogP contribution in [0, 0.1) is 5.92 Å². The number of hydrogen-bond donors (Lipinski definition) is 3. The number of carboxylic acids is 2. The van der Waals surface area contributed by atoms with Gasteiger partial charge < -0.3 is 15.3 Å². The molecule has 102 valence electrons. The molecule has 1 aromatic carbocycles. The van der Waals surface area contributed by atoms with Gasteiger partial charge in [0, 0.05) is 6.42 Å². The maximum Gasteiger partial charge on any atom is 0.332 e. The number of rotatable bonds is 5. The number of phenols is 1. The molecule has 5 nitrogen and oxygen atoms in total. The molecule has 0 aromatic heterocycles. The van der Waals surface area contributed by atoms with Crippen LogP contribution in [-0.4, -0.2) is 27.3 Å². The summed E-state index contributed by atoms with van der Waals surface area (Å²) in [7, 11) is 0. The van der Waals surface area contributed by atoms with Crippen molar-refractivity contribution in [2.75, 3.05) is 0 Å². The van der Waals surface area contributed by atoms with Gasteiger partial charge in [0.25, 0.3) is 0 Å². The molecular weight excluding hydrogens is 248 g/mol. The van der Waals surface area contributed by atoms with Crippen molar-refractivity contribution in [2.45, 2.75) is 20.3 Å². The molecule has 0 saturated heterocycles. The van der Waals surface area contributed by atoms with E-state index in [4.69, 9.17) is 10.2 Å². The summed E-state index contributed by atoms with van der Waals surface area (Å²) in [5.74, 6) is -2.77. The van der Waals surface area contributed by atoms with Crippen molar-refractivity contribution in [3.05, 3.63) is 41.0 Å². The minimum Gasteiger partial charge on any atom is -0.508 e. The summed E-state index contributed by atoms with van der Waals surface area (Å²) < 4.78 is 0. The van der Waals surface area contributed by atoms with E-state index in [9.17, 15) is 14.7 Å². The molecule has 0 aliphatic carbocycles. The first kappa shape index (κ1) is 14.8. The molecule has 1 rings (SSSR count). The lowest BCUT2D eigenvalue weighted by atomic mass is 9.93. The highest BCUT2D eigenvalue weighted by molar-refractivity contribution is 5.99. The van der Waals surface area contributed by atoms with Gasteiger partial charge in [-0.2, -0.15) is 0 Å². The van der Waals surface area contributed by atoms with Crippen molar-refractivity contribution in [3.63, 3.8) is 0 Å². The fourth-order valence-corrected chi connectivity index (χ4v) is 1.83. The molecule has 0 amide bonds. The molecule has 0 atom stereocenters. The van der Waals surface area contributed by atoms with Gasteiger partial charge in [-0.05, 0) is 23.6 Å². The van der Waals surface area contributed by atoms with Gasteiger partial charge in [-0.1, -0.05) is 26.0 Å². The standard InChI is InChI=1S/C14H16O5/c1-8(2)12(14(18)19)11(13(16)17)7-9-3-5-10(15)6-4-9/h3-6,8,15H,7H2,1-2H3,(H,16,17)(H,18,19)/b12-11-. The number of phenolic OH excluding ortho intramolecular Hbond substituents is 1. The van der Waals surface area contributed by atoms with Crippen molar-refractivity contribution in [1.29, 1.82) is 0 Å². The number of aliphatic carboxylic acids is 2. The average molecular weight is 264 g/mol. The monoisotopic (exact) mass is 264 g/mol. The number of aromatic hydroxyl groups is 1. The number of benzene rings is 1. The van der Waals surface area contributed by atoms with Gasteiger partial charge in [-0.3, -0.25) is 0 Å². The van der Waals surface area contributed by atoms with Crippen LogP contribution in [0.1, 0.15) is 19.4 Å². The topological polar surface area (TPSA) is 94.8 Å². The number of carbonyl (C=O) groups is 2. The molecule has 0 heterocycles. The first-order valence-electron chi connectivity index (χ1n) is 5.80. The lowest BCUT2D eigenvalue weighted by molar-refractivity contribution is -0.136. The van der Waals surface area contributed by atoms with Crippen LogP contribution in [0.25, 0.3) is 0 Å². The van der Waals surface area contributed by atoms with Gasteiger partial charge in [-0.25, -0.2) is 9.59 Å². The van der Waals surface area contributed by atoms with Crippen LogP contribution in [0.2, 0.25) is 0 Å². The van der Waals surface area contributed by atoms with Crippen LogP contribution in [-0.2, 0) is 16.0 Å². The van der Waals surface area contributed by atoms with Gasteiger partial charge in [0.1, 0.15) is 5.75 Å². The van der Waals surface area contributed by atoms with Crippen molar-refractivity contribution in [3.8, 4) is 5.75 Å². The van der Waals surface area contributed by atoms with E-state index in [1.807, 2.05) is 0 Å². The summed E-state index contributed by atoms with van der Waals surface area (Å²) in [5, 5.41) is 27.5. The van der Waals surface area contributed by atoms with Crippen molar-refractivity contribution < 1.29 is 24.9 Å². The zero-order valence-electron chi connectivity index (χ0n) is 10.8. The van der Waals surface area contributed by atoms with Gasteiger partial charge in [0.15, 0.2) is 0 Å². The predicted octanol–water partition coefficient (Wildman–Crippen LogP) is 2.06. The molecule has 1 aromatic rings. The molecule has 0 unspecified atom stereocenters. The van der Waals surface area contributed by atoms with Crippen LogP contribution < -0.4 is 0 Å². The zero-order valence-corrected chi connectivity index (χ0v) is 10.8. The molecular formula is C14H16O5. The van der Waals surface area contributed by atoms with E-state index in [0.29, 0.717) is 5.56 Å². The molecule has 0 aliphatic rings. The van der Waals surface area contributed by atoms with E-state index in [-0.39, 0.29) is 29.2 Å². The van der Waals surface area contributed by atoms with Crippen LogP contribution in [0.15, 0.2) is 35.4 Å². The fraction of sp³-hybridized carbons (Fsp3) is 0.286. The molecule has 0 aliphatic heterocycles. The van der Waals surface area contributed by atoms with Crippen molar-refractivity contribution in [2.24, 2.45) is 5.92 Å². The third-order valence-corrected chi connectivity index (χ3v) is 2.71. The molecule has 0 saturated carbocycles. The Morgan fingerprint density at radius 2 is 1.58 bits per heavy atom. The Morgan fingerprint density at radius 3 is 1.95 bits per heavy atom. The maximum absolute atomic E-state index is 11.3.